The van der Waals surface area contributed by atoms with E-state index in [-0.39, 0.29) is 25.4 Å². The summed E-state index contributed by atoms with van der Waals surface area (Å²) < 4.78 is 13.1. The molecule has 1 heterocycles. The first-order valence-corrected chi connectivity index (χ1v) is 9.03. The number of nitrogens with zero attached hydrogens (tertiary/aromatic N) is 2. The van der Waals surface area contributed by atoms with Gasteiger partial charge in [-0.2, -0.15) is 4.98 Å². The predicted octanol–water partition coefficient (Wildman–Crippen LogP) is 0.743. The second-order valence-electron chi connectivity index (χ2n) is 5.59. The van der Waals surface area contributed by atoms with Gasteiger partial charge in [0.05, 0.1) is 5.66 Å². The minimum Gasteiger partial charge on any atom is -0.396 e. The number of nitrogens with two attached hydrogens (primary N) is 1. The molecule has 0 spiro atoms. The second-order valence-corrected chi connectivity index (χ2v) is 7.39. The van der Waals surface area contributed by atoms with Gasteiger partial charge in [0.15, 0.2) is 0 Å². The van der Waals surface area contributed by atoms with E-state index in [1.54, 1.807) is 30.3 Å². The van der Waals surface area contributed by atoms with Crippen molar-refractivity contribution < 1.29 is 19.5 Å². The Morgan fingerprint density at radius 3 is 2.42 bits per heavy atom. The van der Waals surface area contributed by atoms with Crippen LogP contribution >= 0.6 is 7.60 Å². The van der Waals surface area contributed by atoms with Crippen molar-refractivity contribution in [1.29, 1.82) is 0 Å². The fourth-order valence-electron chi connectivity index (χ4n) is 2.52. The van der Waals surface area contributed by atoms with E-state index in [9.17, 15) is 24.3 Å². The van der Waals surface area contributed by atoms with Crippen LogP contribution in [0.2, 0.25) is 0 Å². The van der Waals surface area contributed by atoms with Gasteiger partial charge in [0.25, 0.3) is 0 Å². The summed E-state index contributed by atoms with van der Waals surface area (Å²) in [5.74, 6) is -0.430. The zero-order valence-corrected chi connectivity index (χ0v) is 13.8. The van der Waals surface area contributed by atoms with E-state index in [4.69, 9.17) is 5.73 Å². The van der Waals surface area contributed by atoms with Crippen molar-refractivity contribution in [2.45, 2.75) is 18.6 Å². The number of benzene rings is 1. The van der Waals surface area contributed by atoms with Crippen LogP contribution in [0.4, 0.5) is 5.82 Å². The number of aromatic nitrogens is 2. The summed E-state index contributed by atoms with van der Waals surface area (Å²) in [6.07, 6.45) is 1.48. The van der Waals surface area contributed by atoms with Crippen LogP contribution in [0, 0.1) is 5.92 Å². The summed E-state index contributed by atoms with van der Waals surface area (Å²) in [6.45, 7) is -0.230. The molecule has 2 atom stereocenters. The molecule has 1 aromatic heterocycles. The molecule has 0 radical (unpaired) electrons. The van der Waals surface area contributed by atoms with Crippen molar-refractivity contribution >= 4 is 13.4 Å². The molecule has 8 nitrogen and oxygen atoms in total. The number of rotatable bonds is 7. The molecule has 0 aliphatic carbocycles. The van der Waals surface area contributed by atoms with Gasteiger partial charge in [-0.3, -0.25) is 9.13 Å². The highest BCUT2D eigenvalue weighted by molar-refractivity contribution is 7.52. The average molecular weight is 353 g/mol. The molecule has 0 aliphatic heterocycles. The zero-order valence-electron chi connectivity index (χ0n) is 12.9. The molecule has 9 heteroatoms. The van der Waals surface area contributed by atoms with Crippen LogP contribution in [0.15, 0.2) is 47.4 Å². The highest BCUT2D eigenvalue weighted by Crippen LogP contribution is 2.54. The molecule has 0 aliphatic rings. The van der Waals surface area contributed by atoms with E-state index in [2.05, 4.69) is 4.98 Å². The molecule has 24 heavy (non-hydrogen) atoms. The Kier molecular flexibility index (Phi) is 5.90. The number of hydrogen-bond acceptors (Lipinski definition) is 5. The molecule has 5 N–H and O–H groups in total. The Bertz CT molecular complexity index is 774. The Morgan fingerprint density at radius 1 is 1.21 bits per heavy atom. The SMILES string of the molecule is Nc1ccn(C[C@@H](CO)C[C@@H](c2ccccc2)P(=O)(O)O)c(=O)n1. The summed E-state index contributed by atoms with van der Waals surface area (Å²) in [6, 6.07) is 9.86. The van der Waals surface area contributed by atoms with Crippen molar-refractivity contribution in [3.63, 3.8) is 0 Å². The number of hydrogen-bond donors (Lipinski definition) is 4. The summed E-state index contributed by atoms with van der Waals surface area (Å²) in [5, 5.41) is 9.58. The third-order valence-corrected chi connectivity index (χ3v) is 5.08. The molecule has 0 bridgehead atoms. The van der Waals surface area contributed by atoms with Gasteiger partial charge in [-0.15, -0.1) is 0 Å². The standard InChI is InChI=1S/C15H20N3O5P/c16-14-6-7-18(15(20)17-14)9-11(10-19)8-13(24(21,22)23)12-4-2-1-3-5-12/h1-7,11,13,19H,8-10H2,(H2,16,17,20)(H2,21,22,23)/t11-,13-/m0/s1. The van der Waals surface area contributed by atoms with Gasteiger partial charge < -0.3 is 20.6 Å². The van der Waals surface area contributed by atoms with Crippen LogP contribution in [0.1, 0.15) is 17.6 Å². The molecular weight excluding hydrogens is 333 g/mol. The van der Waals surface area contributed by atoms with Gasteiger partial charge in [0.2, 0.25) is 0 Å². The van der Waals surface area contributed by atoms with Crippen molar-refractivity contribution in [3.8, 4) is 0 Å². The number of aliphatic hydroxyl groups excluding tert-OH is 1. The monoisotopic (exact) mass is 353 g/mol. The van der Waals surface area contributed by atoms with E-state index in [1.807, 2.05) is 0 Å². The minimum atomic E-state index is -4.42. The molecule has 130 valence electrons. The predicted molar refractivity (Wildman–Crippen MR) is 89.3 cm³/mol. The topological polar surface area (TPSA) is 139 Å². The highest BCUT2D eigenvalue weighted by Gasteiger charge is 2.32. The lowest BCUT2D eigenvalue weighted by atomic mass is 9.99. The maximum atomic E-state index is 11.9. The van der Waals surface area contributed by atoms with E-state index >= 15 is 0 Å². The van der Waals surface area contributed by atoms with Crippen molar-refractivity contribution in [2.75, 3.05) is 12.3 Å². The van der Waals surface area contributed by atoms with Crippen molar-refractivity contribution in [2.24, 2.45) is 5.92 Å². The van der Waals surface area contributed by atoms with E-state index in [1.165, 1.54) is 16.8 Å². The first-order chi connectivity index (χ1) is 11.3. The molecule has 0 saturated carbocycles. The smallest absolute Gasteiger partial charge is 0.349 e. The fourth-order valence-corrected chi connectivity index (χ4v) is 3.66. The summed E-state index contributed by atoms with van der Waals surface area (Å²) in [7, 11) is -4.42. The second kappa shape index (κ2) is 7.72. The van der Waals surface area contributed by atoms with Gasteiger partial charge in [-0.05, 0) is 18.1 Å². The van der Waals surface area contributed by atoms with Crippen LogP contribution in [0.5, 0.6) is 0 Å². The zero-order chi connectivity index (χ0) is 17.7. The van der Waals surface area contributed by atoms with Crippen LogP contribution in [0.25, 0.3) is 0 Å². The molecule has 0 unspecified atom stereocenters. The van der Waals surface area contributed by atoms with Gasteiger partial charge in [-0.25, -0.2) is 4.79 Å². The quantitative estimate of drug-likeness (QED) is 0.539. The minimum absolute atomic E-state index is 0.0294. The first-order valence-electron chi connectivity index (χ1n) is 7.35. The maximum absolute atomic E-state index is 11.9. The van der Waals surface area contributed by atoms with Gasteiger partial charge in [0.1, 0.15) is 5.82 Å². The van der Waals surface area contributed by atoms with Crippen molar-refractivity contribution in [1.82, 2.24) is 9.55 Å². The lowest BCUT2D eigenvalue weighted by Gasteiger charge is -2.24. The Balaban J connectivity index is 2.23. The fraction of sp³-hybridized carbons (Fsp3) is 0.333. The van der Waals surface area contributed by atoms with Crippen LogP contribution in [0.3, 0.4) is 0 Å². The van der Waals surface area contributed by atoms with Crippen LogP contribution < -0.4 is 11.4 Å². The number of nitrogen functional groups attached to an aromatic ring is 1. The van der Waals surface area contributed by atoms with E-state index in [0.717, 1.165) is 0 Å². The normalized spacial score (nSPS) is 14.3. The molecular formula is C15H20N3O5P. The largest absolute Gasteiger partial charge is 0.396 e. The van der Waals surface area contributed by atoms with Crippen LogP contribution in [-0.2, 0) is 11.1 Å². The third-order valence-electron chi connectivity index (χ3n) is 3.76. The van der Waals surface area contributed by atoms with Crippen molar-refractivity contribution in [3.05, 3.63) is 58.6 Å². The maximum Gasteiger partial charge on any atom is 0.349 e. The lowest BCUT2D eigenvalue weighted by molar-refractivity contribution is 0.196. The van der Waals surface area contributed by atoms with Gasteiger partial charge in [-0.1, -0.05) is 30.3 Å². The number of anilines is 1. The molecule has 1 aromatic carbocycles. The summed E-state index contributed by atoms with van der Waals surface area (Å²) >= 11 is 0. The Morgan fingerprint density at radius 2 is 1.88 bits per heavy atom. The number of aliphatic hydroxyl groups is 1. The molecule has 2 aromatic rings. The molecule has 2 rings (SSSR count). The highest BCUT2D eigenvalue weighted by atomic mass is 31.2. The summed E-state index contributed by atoms with van der Waals surface area (Å²) in [5.41, 5.74) is 4.30. The molecule has 0 saturated heterocycles. The average Bonchev–Trinajstić information content (AvgIpc) is 2.53. The molecule has 0 amide bonds. The Hall–Kier alpha value is -1.99. The van der Waals surface area contributed by atoms with E-state index < -0.39 is 24.9 Å². The lowest BCUT2D eigenvalue weighted by Crippen LogP contribution is -2.28. The van der Waals surface area contributed by atoms with E-state index in [0.29, 0.717) is 5.56 Å². The van der Waals surface area contributed by atoms with Gasteiger partial charge in [0, 0.05) is 25.3 Å². The van der Waals surface area contributed by atoms with Gasteiger partial charge >= 0.3 is 13.3 Å². The molecule has 0 fully saturated rings. The first kappa shape index (κ1) is 18.4. The summed E-state index contributed by atoms with van der Waals surface area (Å²) in [4.78, 5) is 34.7. The Labute approximate surface area is 138 Å². The van der Waals surface area contributed by atoms with Crippen LogP contribution in [-0.4, -0.2) is 31.1 Å². The third kappa shape index (κ3) is 4.75.